The van der Waals surface area contributed by atoms with Gasteiger partial charge < -0.3 is 60.2 Å². The van der Waals surface area contributed by atoms with Crippen molar-refractivity contribution in [2.45, 2.75) is 24.2 Å². The second-order valence-corrected chi connectivity index (χ2v) is 16.4. The molecule has 0 aliphatic heterocycles. The Morgan fingerprint density at radius 2 is 1.00 bits per heavy atom. The van der Waals surface area contributed by atoms with E-state index in [-0.39, 0.29) is 44.5 Å². The Hall–Kier alpha value is -2.24. The van der Waals surface area contributed by atoms with Crippen molar-refractivity contribution in [3.8, 4) is 0 Å². The molecule has 2 amide bonds. The van der Waals surface area contributed by atoms with Gasteiger partial charge in [0.05, 0.1) is 0 Å². The molecule has 0 unspecified atom stereocenters. The Bertz CT molecular complexity index is 1460. The van der Waals surface area contributed by atoms with Crippen molar-refractivity contribution in [3.05, 3.63) is 86.9 Å². The first-order valence-corrected chi connectivity index (χ1v) is 18.6. The number of para-hydroxylation sites is 2. The number of aromatic nitrogens is 2. The third kappa shape index (κ3) is 10.1. The number of fused-ring (bicyclic) bond motifs is 3. The van der Waals surface area contributed by atoms with Gasteiger partial charge in [-0.15, -0.1) is 0 Å². The second kappa shape index (κ2) is 19.7. The summed E-state index contributed by atoms with van der Waals surface area (Å²) in [6, 6.07) is 19.7. The van der Waals surface area contributed by atoms with Crippen molar-refractivity contribution in [2.75, 3.05) is 55.7 Å². The maximum atomic E-state index is 12.8. The van der Waals surface area contributed by atoms with E-state index in [1.54, 1.807) is 59.6 Å². The van der Waals surface area contributed by atoms with Crippen LogP contribution in [0.25, 0.3) is 21.8 Å². The molecule has 0 aliphatic carbocycles. The minimum Gasteiger partial charge on any atom is -0.377 e. The number of hydrogen-bond donors (Lipinski definition) is 2. The molecule has 2 atom stereocenters. The first kappa shape index (κ1) is 40.9. The summed E-state index contributed by atoms with van der Waals surface area (Å²) >= 11 is 0. The SMILES string of the molecule is [CH2-][C@@H](C(=O)NCC[Si](OC)(OC)OC)n1c2ccccc2c2ccccc21.[CH2-][C@@H](C(=O)NCC[Si](OC)(OC)OC)n1cccc1.[Y]. The van der Waals surface area contributed by atoms with Gasteiger partial charge in [0.1, 0.15) is 0 Å². The fourth-order valence-electron chi connectivity index (χ4n) is 5.12. The molecule has 0 spiro atoms. The number of carbonyl (C=O) groups excluding carboxylic acids is 2. The Morgan fingerprint density at radius 1 is 0.638 bits per heavy atom. The fraction of sp³-hybridized carbons (Fsp3) is 0.375. The minimum atomic E-state index is -2.71. The van der Waals surface area contributed by atoms with Gasteiger partial charge in [-0.25, -0.2) is 0 Å². The van der Waals surface area contributed by atoms with E-state index in [1.165, 1.54) is 0 Å². The third-order valence-corrected chi connectivity index (χ3v) is 13.3. The zero-order chi connectivity index (χ0) is 33.7. The van der Waals surface area contributed by atoms with Crippen LogP contribution in [0.2, 0.25) is 12.1 Å². The van der Waals surface area contributed by atoms with E-state index in [1.807, 2.05) is 53.1 Å². The van der Waals surface area contributed by atoms with Gasteiger partial charge >= 0.3 is 17.6 Å². The second-order valence-electron chi connectivity index (χ2n) is 10.2. The molecule has 0 bridgehead atoms. The van der Waals surface area contributed by atoms with E-state index >= 15 is 0 Å². The summed E-state index contributed by atoms with van der Waals surface area (Å²) in [7, 11) is 3.97. The number of rotatable bonds is 16. The average molecular weight is 760 g/mol. The number of amides is 2. The molecule has 2 aromatic heterocycles. The first-order chi connectivity index (χ1) is 22.1. The largest absolute Gasteiger partial charge is 0.501 e. The van der Waals surface area contributed by atoms with Gasteiger partial charge in [-0.05, 0) is 36.3 Å². The van der Waals surface area contributed by atoms with E-state index < -0.39 is 29.7 Å². The van der Waals surface area contributed by atoms with Crippen LogP contribution in [0.5, 0.6) is 0 Å². The Labute approximate surface area is 305 Å². The molecule has 4 rings (SSSR count). The number of nitrogens with one attached hydrogen (secondary N) is 2. The van der Waals surface area contributed by atoms with Crippen molar-refractivity contribution >= 4 is 51.2 Å². The molecule has 1 radical (unpaired) electrons. The number of carbonyl (C=O) groups is 2. The van der Waals surface area contributed by atoms with Crippen LogP contribution in [0, 0.1) is 13.8 Å². The molecule has 255 valence electrons. The van der Waals surface area contributed by atoms with Crippen molar-refractivity contribution in [1.82, 2.24) is 19.8 Å². The van der Waals surface area contributed by atoms with Crippen molar-refractivity contribution in [1.29, 1.82) is 0 Å². The quantitative estimate of drug-likeness (QED) is 0.130. The predicted octanol–water partition coefficient (Wildman–Crippen LogP) is 4.02. The molecule has 0 saturated heterocycles. The van der Waals surface area contributed by atoms with Crippen molar-refractivity contribution in [3.63, 3.8) is 0 Å². The summed E-state index contributed by atoms with van der Waals surface area (Å²) in [6.45, 7) is 8.77. The van der Waals surface area contributed by atoms with Crippen LogP contribution < -0.4 is 10.6 Å². The minimum absolute atomic E-state index is 0. The van der Waals surface area contributed by atoms with Gasteiger partial charge in [0.25, 0.3) is 0 Å². The van der Waals surface area contributed by atoms with Gasteiger partial charge in [0, 0.05) is 135 Å². The molecule has 2 N–H and O–H groups in total. The van der Waals surface area contributed by atoms with Crippen LogP contribution in [-0.4, -0.2) is 94.3 Å². The topological polar surface area (TPSA) is 123 Å². The smallest absolute Gasteiger partial charge is 0.377 e. The van der Waals surface area contributed by atoms with Crippen LogP contribution in [0.15, 0.2) is 73.1 Å². The summed E-state index contributed by atoms with van der Waals surface area (Å²) in [5, 5.41) is 7.95. The molecule has 0 fully saturated rings. The molecule has 47 heavy (non-hydrogen) atoms. The molecule has 0 saturated carbocycles. The zero-order valence-corrected chi connectivity index (χ0v) is 32.9. The van der Waals surface area contributed by atoms with Gasteiger partial charge in [-0.3, -0.25) is 9.59 Å². The summed E-state index contributed by atoms with van der Waals surface area (Å²) in [4.78, 5) is 24.7. The maximum Gasteiger partial charge on any atom is 0.501 e. The number of benzene rings is 2. The third-order valence-electron chi connectivity index (χ3n) is 7.85. The summed E-state index contributed by atoms with van der Waals surface area (Å²) in [6.07, 6.45) is 3.60. The molecular weight excluding hydrogens is 713 g/mol. The van der Waals surface area contributed by atoms with Crippen LogP contribution in [-0.2, 0) is 68.9 Å². The van der Waals surface area contributed by atoms with Crippen molar-refractivity contribution < 1.29 is 68.9 Å². The summed E-state index contributed by atoms with van der Waals surface area (Å²) < 4.78 is 35.7. The van der Waals surface area contributed by atoms with Crippen LogP contribution in [0.3, 0.4) is 0 Å². The Kier molecular flexibility index (Phi) is 17.1. The van der Waals surface area contributed by atoms with Gasteiger partial charge in [0.2, 0.25) is 11.8 Å². The average Bonchev–Trinajstić information content (AvgIpc) is 3.76. The molecular formula is C32H46N4O8Si2Y-2. The predicted molar refractivity (Wildman–Crippen MR) is 182 cm³/mol. The van der Waals surface area contributed by atoms with Gasteiger partial charge in [-0.1, -0.05) is 36.4 Å². The van der Waals surface area contributed by atoms with E-state index in [0.717, 1.165) is 21.8 Å². The van der Waals surface area contributed by atoms with Crippen LogP contribution in [0.4, 0.5) is 0 Å². The standard InChI is InChI=1S/C20H25N2O4Si.C12H21N2O4Si.Y/c1-15(20(23)21-13-14-27(24-2,25-3)26-4)22-18-11-7-5-9-16(18)17-10-6-8-12-19(17)22;1-11(14-8-5-6-9-14)12(15)13-7-10-19(16-2,17-3)18-4;/h5-12,15H,1,13-14H2,2-4H3,(H,21,23);5-6,8-9,11H,1,7,10H2,2-4H3,(H,13,15);/q2*-1;/t15-;11-;/m00./s1. The zero-order valence-electron chi connectivity index (χ0n) is 28.1. The maximum absolute atomic E-state index is 12.8. The normalized spacial score (nSPS) is 12.9. The summed E-state index contributed by atoms with van der Waals surface area (Å²) in [5.74, 6) is -0.310. The molecule has 15 heteroatoms. The van der Waals surface area contributed by atoms with Crippen LogP contribution >= 0.6 is 0 Å². The Morgan fingerprint density at radius 3 is 1.38 bits per heavy atom. The summed E-state index contributed by atoms with van der Waals surface area (Å²) in [5.41, 5.74) is 1.98. The molecule has 4 aromatic rings. The van der Waals surface area contributed by atoms with Crippen LogP contribution in [0.1, 0.15) is 12.1 Å². The molecule has 0 aliphatic rings. The van der Waals surface area contributed by atoms with Crippen molar-refractivity contribution in [2.24, 2.45) is 0 Å². The van der Waals surface area contributed by atoms with E-state index in [2.05, 4.69) is 36.6 Å². The van der Waals surface area contributed by atoms with E-state index in [4.69, 9.17) is 26.6 Å². The molecule has 12 nitrogen and oxygen atoms in total. The number of hydrogen-bond acceptors (Lipinski definition) is 8. The number of nitrogens with zero attached hydrogens (tertiary/aromatic N) is 2. The van der Waals surface area contributed by atoms with E-state index in [0.29, 0.717) is 25.2 Å². The van der Waals surface area contributed by atoms with E-state index in [9.17, 15) is 9.59 Å². The first-order valence-electron chi connectivity index (χ1n) is 14.8. The Balaban J connectivity index is 0.000000341. The van der Waals surface area contributed by atoms with Gasteiger partial charge in [-0.2, -0.15) is 0 Å². The molecule has 2 heterocycles. The fourth-order valence-corrected chi connectivity index (χ4v) is 8.21. The molecule has 2 aromatic carbocycles. The monoisotopic (exact) mass is 759 g/mol. The van der Waals surface area contributed by atoms with Gasteiger partial charge in [0.15, 0.2) is 0 Å².